The summed E-state index contributed by atoms with van der Waals surface area (Å²) in [6, 6.07) is 6.09. The number of carbonyl (C=O) groups is 1. The number of nitrogens with zero attached hydrogens (tertiary/aromatic N) is 3. The van der Waals surface area contributed by atoms with Crippen molar-refractivity contribution in [1.82, 2.24) is 19.8 Å². The van der Waals surface area contributed by atoms with Gasteiger partial charge in [-0.1, -0.05) is 6.07 Å². The van der Waals surface area contributed by atoms with Crippen LogP contribution in [-0.2, 0) is 17.8 Å². The van der Waals surface area contributed by atoms with E-state index in [-0.39, 0.29) is 12.4 Å². The fraction of sp³-hybridized carbons (Fsp3) is 0.409. The van der Waals surface area contributed by atoms with Gasteiger partial charge in [0.15, 0.2) is 11.5 Å². The molecule has 1 saturated heterocycles. The summed E-state index contributed by atoms with van der Waals surface area (Å²) in [5.74, 6) is 1.79. The number of nitrogens with one attached hydrogen (secondary N) is 1. The molecule has 168 valence electrons. The van der Waals surface area contributed by atoms with Gasteiger partial charge in [-0.3, -0.25) is 14.6 Å². The molecule has 32 heavy (non-hydrogen) atoms. The molecule has 9 nitrogen and oxygen atoms in total. The second-order valence-corrected chi connectivity index (χ2v) is 8.98. The molecule has 2 aliphatic heterocycles. The summed E-state index contributed by atoms with van der Waals surface area (Å²) in [6.45, 7) is 7.06. The quantitative estimate of drug-likeness (QED) is 0.584. The van der Waals surface area contributed by atoms with Crippen molar-refractivity contribution in [2.45, 2.75) is 20.0 Å². The molecular weight excluding hydrogens is 432 g/mol. The zero-order valence-corrected chi connectivity index (χ0v) is 18.8. The average Bonchev–Trinajstić information content (AvgIpc) is 3.38. The Bertz CT molecular complexity index is 1230. The van der Waals surface area contributed by atoms with E-state index in [0.29, 0.717) is 33.0 Å². The second kappa shape index (κ2) is 8.53. The number of hydrogen-bond donors (Lipinski definition) is 1. The number of methoxy groups -OCH3 is 1. The van der Waals surface area contributed by atoms with Gasteiger partial charge >= 0.3 is 5.97 Å². The first-order valence-electron chi connectivity index (χ1n) is 10.5. The average molecular weight is 457 g/mol. The van der Waals surface area contributed by atoms with Crippen LogP contribution in [0.3, 0.4) is 0 Å². The maximum Gasteiger partial charge on any atom is 0.348 e. The van der Waals surface area contributed by atoms with Gasteiger partial charge in [0.25, 0.3) is 5.56 Å². The summed E-state index contributed by atoms with van der Waals surface area (Å²) in [4.78, 5) is 37.8. The molecule has 10 heteroatoms. The molecular formula is C22H24N4O5S. The van der Waals surface area contributed by atoms with Crippen molar-refractivity contribution < 1.29 is 19.0 Å². The number of aromatic nitrogens is 2. The van der Waals surface area contributed by atoms with Crippen LogP contribution in [-0.4, -0.2) is 65.8 Å². The third-order valence-electron chi connectivity index (χ3n) is 5.90. The number of carbonyl (C=O) groups excluding carboxylic acids is 1. The minimum Gasteiger partial charge on any atom is -0.465 e. The lowest BCUT2D eigenvalue weighted by atomic mass is 10.1. The molecule has 0 atom stereocenters. The lowest BCUT2D eigenvalue weighted by Crippen LogP contribution is -2.45. The van der Waals surface area contributed by atoms with Gasteiger partial charge in [0.05, 0.1) is 19.0 Å². The maximum atomic E-state index is 12.6. The number of aryl methyl sites for hydroxylation is 1. The van der Waals surface area contributed by atoms with E-state index in [9.17, 15) is 9.59 Å². The van der Waals surface area contributed by atoms with Crippen LogP contribution in [0.5, 0.6) is 11.5 Å². The molecule has 0 aliphatic carbocycles. The van der Waals surface area contributed by atoms with E-state index in [2.05, 4.69) is 25.8 Å². The molecule has 5 rings (SSSR count). The van der Waals surface area contributed by atoms with Gasteiger partial charge < -0.3 is 19.2 Å². The minimum absolute atomic E-state index is 0.213. The van der Waals surface area contributed by atoms with Gasteiger partial charge in [-0.15, -0.1) is 11.3 Å². The van der Waals surface area contributed by atoms with E-state index in [4.69, 9.17) is 14.2 Å². The Hall–Kier alpha value is -2.95. The first kappa shape index (κ1) is 20.9. The number of fused-ring (bicyclic) bond motifs is 2. The molecule has 1 fully saturated rings. The molecule has 1 N–H and O–H groups in total. The number of thiophene rings is 1. The fourth-order valence-corrected chi connectivity index (χ4v) is 5.28. The third kappa shape index (κ3) is 3.96. The minimum atomic E-state index is -0.440. The molecule has 2 aromatic heterocycles. The highest BCUT2D eigenvalue weighted by molar-refractivity contribution is 7.20. The van der Waals surface area contributed by atoms with E-state index in [1.165, 1.54) is 24.0 Å². The normalized spacial score (nSPS) is 16.6. The third-order valence-corrected chi connectivity index (χ3v) is 7.07. The van der Waals surface area contributed by atoms with Crippen molar-refractivity contribution >= 4 is 27.5 Å². The first-order valence-corrected chi connectivity index (χ1v) is 11.3. The van der Waals surface area contributed by atoms with Gasteiger partial charge in [0, 0.05) is 32.7 Å². The van der Waals surface area contributed by atoms with Crippen LogP contribution in [0.4, 0.5) is 0 Å². The summed E-state index contributed by atoms with van der Waals surface area (Å²) in [5, 5.41) is 0.465. The topological polar surface area (TPSA) is 97.0 Å². The Morgan fingerprint density at radius 2 is 1.88 bits per heavy atom. The van der Waals surface area contributed by atoms with Gasteiger partial charge in [-0.25, -0.2) is 9.78 Å². The Morgan fingerprint density at radius 3 is 2.62 bits per heavy atom. The van der Waals surface area contributed by atoms with Crippen LogP contribution in [0.1, 0.15) is 26.6 Å². The van der Waals surface area contributed by atoms with Crippen molar-refractivity contribution in [3.8, 4) is 11.5 Å². The van der Waals surface area contributed by atoms with Gasteiger partial charge in [-0.05, 0) is 30.2 Å². The van der Waals surface area contributed by atoms with Crippen LogP contribution >= 0.6 is 11.3 Å². The highest BCUT2D eigenvalue weighted by Crippen LogP contribution is 2.33. The van der Waals surface area contributed by atoms with Crippen LogP contribution in [0.25, 0.3) is 10.2 Å². The molecule has 1 aromatic carbocycles. The number of ether oxygens (including phenoxy) is 3. The van der Waals surface area contributed by atoms with E-state index < -0.39 is 5.97 Å². The first-order chi connectivity index (χ1) is 15.5. The van der Waals surface area contributed by atoms with Crippen LogP contribution in [0, 0.1) is 6.92 Å². The molecule has 0 amide bonds. The Morgan fingerprint density at radius 1 is 1.16 bits per heavy atom. The van der Waals surface area contributed by atoms with Crippen molar-refractivity contribution in [2.75, 3.05) is 40.1 Å². The zero-order chi connectivity index (χ0) is 22.2. The number of esters is 1. The van der Waals surface area contributed by atoms with Gasteiger partial charge in [0.2, 0.25) is 6.79 Å². The highest BCUT2D eigenvalue weighted by atomic mass is 32.1. The Kier molecular flexibility index (Phi) is 5.58. The van der Waals surface area contributed by atoms with E-state index in [1.807, 2.05) is 12.1 Å². The van der Waals surface area contributed by atoms with Gasteiger partial charge in [0.1, 0.15) is 15.5 Å². The lowest BCUT2D eigenvalue weighted by Gasteiger charge is -2.34. The number of benzene rings is 1. The molecule has 3 aromatic rings. The Balaban J connectivity index is 1.23. The van der Waals surface area contributed by atoms with Crippen LogP contribution in [0.15, 0.2) is 23.0 Å². The van der Waals surface area contributed by atoms with Crippen molar-refractivity contribution in [3.63, 3.8) is 0 Å². The van der Waals surface area contributed by atoms with Crippen molar-refractivity contribution in [3.05, 3.63) is 50.4 Å². The molecule has 0 radical (unpaired) electrons. The molecule has 0 spiro atoms. The summed E-state index contributed by atoms with van der Waals surface area (Å²) < 4.78 is 15.7. The van der Waals surface area contributed by atoms with Gasteiger partial charge in [-0.2, -0.15) is 0 Å². The summed E-state index contributed by atoms with van der Waals surface area (Å²) in [7, 11) is 1.33. The fourth-order valence-electron chi connectivity index (χ4n) is 4.17. The monoisotopic (exact) mass is 456 g/mol. The summed E-state index contributed by atoms with van der Waals surface area (Å²) in [5.41, 5.74) is 1.61. The largest absolute Gasteiger partial charge is 0.465 e. The predicted molar refractivity (Wildman–Crippen MR) is 119 cm³/mol. The van der Waals surface area contributed by atoms with E-state index in [1.54, 1.807) is 6.92 Å². The highest BCUT2D eigenvalue weighted by Gasteiger charge is 2.22. The lowest BCUT2D eigenvalue weighted by molar-refractivity contribution is 0.0605. The molecule has 0 saturated carbocycles. The van der Waals surface area contributed by atoms with E-state index >= 15 is 0 Å². The van der Waals surface area contributed by atoms with E-state index in [0.717, 1.165) is 44.2 Å². The number of H-pyrrole nitrogens is 1. The van der Waals surface area contributed by atoms with Crippen molar-refractivity contribution in [1.29, 1.82) is 0 Å². The Labute approximate surface area is 188 Å². The molecule has 0 bridgehead atoms. The number of piperazine rings is 1. The maximum absolute atomic E-state index is 12.6. The predicted octanol–water partition coefficient (Wildman–Crippen LogP) is 2.13. The van der Waals surface area contributed by atoms with Crippen LogP contribution < -0.4 is 15.0 Å². The molecule has 2 aliphatic rings. The smallest absolute Gasteiger partial charge is 0.348 e. The summed E-state index contributed by atoms with van der Waals surface area (Å²) in [6.07, 6.45) is 0. The number of aromatic amines is 1. The zero-order valence-electron chi connectivity index (χ0n) is 18.0. The molecule has 0 unspecified atom stereocenters. The van der Waals surface area contributed by atoms with Crippen molar-refractivity contribution in [2.24, 2.45) is 0 Å². The second-order valence-electron chi connectivity index (χ2n) is 7.98. The SMILES string of the molecule is COC(=O)c1sc2nc(CN3CCN(Cc4ccc5c(c4)OCO5)CC3)[nH]c(=O)c2c1C. The molecule has 4 heterocycles. The number of hydrogen-bond acceptors (Lipinski definition) is 9. The standard InChI is InChI=1S/C22H24N4O5S/c1-13-18-20(27)23-17(24-21(18)32-19(13)22(28)29-2)11-26-7-5-25(6-8-26)10-14-3-4-15-16(9-14)31-12-30-15/h3-4,9H,5-8,10-12H2,1-2H3,(H,23,24,27). The van der Waals surface area contributed by atoms with Crippen LogP contribution in [0.2, 0.25) is 0 Å². The summed E-state index contributed by atoms with van der Waals surface area (Å²) >= 11 is 1.21. The number of rotatable bonds is 5.